The van der Waals surface area contributed by atoms with Gasteiger partial charge in [0.25, 0.3) is 11.8 Å². The smallest absolute Gasteiger partial charge is 0.282 e. The monoisotopic (exact) mass is 514 g/mol. The summed E-state index contributed by atoms with van der Waals surface area (Å²) in [6.07, 6.45) is 4.12. The highest BCUT2D eigenvalue weighted by Crippen LogP contribution is 2.31. The van der Waals surface area contributed by atoms with Gasteiger partial charge in [-0.05, 0) is 66.9 Å². The molecule has 2 amide bonds. The first-order valence-electron chi connectivity index (χ1n) is 12.3. The Morgan fingerprint density at radius 3 is 2.26 bits per heavy atom. The number of benzene rings is 3. The summed E-state index contributed by atoms with van der Waals surface area (Å²) in [5.74, 6) is 1.40. The summed E-state index contributed by atoms with van der Waals surface area (Å²) < 4.78 is 23.0. The van der Waals surface area contributed by atoms with Crippen molar-refractivity contribution in [3.63, 3.8) is 0 Å². The maximum Gasteiger partial charge on any atom is 0.282 e. The van der Waals surface area contributed by atoms with Crippen LogP contribution >= 0.6 is 0 Å². The lowest BCUT2D eigenvalue weighted by atomic mass is 10.1. The topological polar surface area (TPSA) is 86.3 Å². The zero-order valence-corrected chi connectivity index (χ0v) is 21.4. The van der Waals surface area contributed by atoms with Crippen molar-refractivity contribution in [2.75, 3.05) is 31.9 Å². The Balaban J connectivity index is 1.42. The Morgan fingerprint density at radius 2 is 1.58 bits per heavy atom. The Morgan fingerprint density at radius 1 is 0.868 bits per heavy atom. The molecule has 1 heterocycles. The summed E-state index contributed by atoms with van der Waals surface area (Å²) in [5, 5.41) is 1.23. The number of hydrogen-bond acceptors (Lipinski definition) is 6. The molecule has 1 aliphatic rings. The second kappa shape index (κ2) is 12.5. The molecule has 1 saturated heterocycles. The van der Waals surface area contributed by atoms with E-state index in [-0.39, 0.29) is 12.2 Å². The lowest BCUT2D eigenvalue weighted by Crippen LogP contribution is -2.35. The molecule has 0 aromatic heterocycles. The summed E-state index contributed by atoms with van der Waals surface area (Å²) in [7, 11) is 1.60. The number of hydrogen-bond donors (Lipinski definition) is 1. The standard InChI is InChI=1S/C30H30N2O6/c1-4-9-21-12-14-25(27(19-21)35-3)37-16-17-38-26-15-13-22(20-28(26)36-5-2)18-24-29(33)31-32(30(24)34)23-10-7-6-8-11-23/h4,6-8,10-15,18-20H,1,5,9,16-17H2,2-3H3,(H,31,33). The Kier molecular flexibility index (Phi) is 8.66. The van der Waals surface area contributed by atoms with Crippen LogP contribution in [0.15, 0.2) is 85.0 Å². The zero-order valence-electron chi connectivity index (χ0n) is 21.4. The fourth-order valence-corrected chi connectivity index (χ4v) is 3.91. The number of anilines is 1. The van der Waals surface area contributed by atoms with Crippen LogP contribution in [0.1, 0.15) is 18.1 Å². The molecule has 8 heteroatoms. The molecule has 1 aliphatic heterocycles. The quantitative estimate of drug-likeness (QED) is 0.163. The SMILES string of the molecule is C=CCc1ccc(OCCOc2ccc(C=C3C(=O)NN(c4ccccc4)C3=O)cc2OCC)c(OC)c1. The predicted molar refractivity (Wildman–Crippen MR) is 146 cm³/mol. The van der Waals surface area contributed by atoms with Crippen molar-refractivity contribution in [3.8, 4) is 23.0 Å². The number of rotatable bonds is 12. The van der Waals surface area contributed by atoms with Crippen LogP contribution in [0.4, 0.5) is 5.69 Å². The van der Waals surface area contributed by atoms with Gasteiger partial charge in [0.2, 0.25) is 0 Å². The summed E-state index contributed by atoms with van der Waals surface area (Å²) in [4.78, 5) is 25.4. The number of ether oxygens (including phenoxy) is 4. The third kappa shape index (κ3) is 6.15. The average Bonchev–Trinajstić information content (AvgIpc) is 3.21. The van der Waals surface area contributed by atoms with Crippen LogP contribution < -0.4 is 29.4 Å². The zero-order chi connectivity index (χ0) is 26.9. The van der Waals surface area contributed by atoms with Crippen LogP contribution in [0.2, 0.25) is 0 Å². The van der Waals surface area contributed by atoms with E-state index in [0.29, 0.717) is 47.5 Å². The molecule has 38 heavy (non-hydrogen) atoms. The van der Waals surface area contributed by atoms with Crippen LogP contribution in [0.25, 0.3) is 6.08 Å². The molecule has 0 spiro atoms. The summed E-state index contributed by atoms with van der Waals surface area (Å²) >= 11 is 0. The molecular formula is C30H30N2O6. The molecule has 4 rings (SSSR count). The van der Waals surface area contributed by atoms with Crippen molar-refractivity contribution in [2.24, 2.45) is 0 Å². The number of allylic oxidation sites excluding steroid dienone is 1. The van der Waals surface area contributed by atoms with Crippen LogP contribution in [0.3, 0.4) is 0 Å². The van der Waals surface area contributed by atoms with Gasteiger partial charge in [-0.15, -0.1) is 6.58 Å². The van der Waals surface area contributed by atoms with Crippen molar-refractivity contribution >= 4 is 23.6 Å². The maximum atomic E-state index is 12.9. The summed E-state index contributed by atoms with van der Waals surface area (Å²) in [6.45, 7) is 6.60. The third-order valence-electron chi connectivity index (χ3n) is 5.69. The molecule has 8 nitrogen and oxygen atoms in total. The molecule has 0 atom stereocenters. The van der Waals surface area contributed by atoms with E-state index in [4.69, 9.17) is 18.9 Å². The Labute approximate surface area is 222 Å². The van der Waals surface area contributed by atoms with Gasteiger partial charge in [0.15, 0.2) is 23.0 Å². The maximum absolute atomic E-state index is 12.9. The lowest BCUT2D eigenvalue weighted by Gasteiger charge is -2.15. The van der Waals surface area contributed by atoms with Crippen LogP contribution in [0, 0.1) is 0 Å². The van der Waals surface area contributed by atoms with Crippen molar-refractivity contribution in [1.82, 2.24) is 5.43 Å². The van der Waals surface area contributed by atoms with Gasteiger partial charge < -0.3 is 18.9 Å². The van der Waals surface area contributed by atoms with E-state index < -0.39 is 11.8 Å². The molecule has 1 fully saturated rings. The number of hydrazine groups is 1. The average molecular weight is 515 g/mol. The second-order valence-corrected chi connectivity index (χ2v) is 8.29. The van der Waals surface area contributed by atoms with E-state index in [0.717, 1.165) is 12.0 Å². The highest BCUT2D eigenvalue weighted by molar-refractivity contribution is 6.31. The Hall–Kier alpha value is -4.72. The van der Waals surface area contributed by atoms with Crippen LogP contribution in [-0.4, -0.2) is 38.7 Å². The van der Waals surface area contributed by atoms with Gasteiger partial charge in [-0.2, -0.15) is 0 Å². The number of nitrogens with one attached hydrogen (secondary N) is 1. The third-order valence-corrected chi connectivity index (χ3v) is 5.69. The number of nitrogens with zero attached hydrogens (tertiary/aromatic N) is 1. The van der Waals surface area contributed by atoms with Gasteiger partial charge in [0.05, 0.1) is 19.4 Å². The first-order valence-corrected chi connectivity index (χ1v) is 12.3. The highest BCUT2D eigenvalue weighted by atomic mass is 16.5. The van der Waals surface area contributed by atoms with Gasteiger partial charge in [-0.25, -0.2) is 5.01 Å². The summed E-state index contributed by atoms with van der Waals surface area (Å²) in [6, 6.07) is 19.9. The first kappa shape index (κ1) is 26.3. The Bertz CT molecular complexity index is 1340. The number of para-hydroxylation sites is 1. The van der Waals surface area contributed by atoms with Crippen molar-refractivity contribution in [1.29, 1.82) is 0 Å². The first-order chi connectivity index (χ1) is 18.5. The minimum Gasteiger partial charge on any atom is -0.493 e. The largest absolute Gasteiger partial charge is 0.493 e. The molecule has 0 aliphatic carbocycles. The molecule has 0 bridgehead atoms. The molecule has 1 N–H and O–H groups in total. The fraction of sp³-hybridized carbons (Fsp3) is 0.200. The van der Waals surface area contributed by atoms with Crippen LogP contribution in [0.5, 0.6) is 23.0 Å². The van der Waals surface area contributed by atoms with Crippen molar-refractivity contribution < 1.29 is 28.5 Å². The highest BCUT2D eigenvalue weighted by Gasteiger charge is 2.34. The van der Waals surface area contributed by atoms with Gasteiger partial charge in [0, 0.05) is 0 Å². The minimum absolute atomic E-state index is 0.0337. The van der Waals surface area contributed by atoms with E-state index >= 15 is 0 Å². The normalized spacial score (nSPS) is 13.8. The van der Waals surface area contributed by atoms with E-state index in [9.17, 15) is 9.59 Å². The van der Waals surface area contributed by atoms with E-state index in [2.05, 4.69) is 12.0 Å². The van der Waals surface area contributed by atoms with E-state index in [1.165, 1.54) is 11.1 Å². The number of methoxy groups -OCH3 is 1. The molecule has 0 radical (unpaired) electrons. The van der Waals surface area contributed by atoms with Crippen LogP contribution in [-0.2, 0) is 16.0 Å². The number of amides is 2. The lowest BCUT2D eigenvalue weighted by molar-refractivity contribution is -0.117. The minimum atomic E-state index is -0.470. The molecular weight excluding hydrogens is 484 g/mol. The second-order valence-electron chi connectivity index (χ2n) is 8.29. The van der Waals surface area contributed by atoms with E-state index in [1.54, 1.807) is 49.6 Å². The van der Waals surface area contributed by atoms with Crippen molar-refractivity contribution in [3.05, 3.63) is 96.1 Å². The predicted octanol–water partition coefficient (Wildman–Crippen LogP) is 4.74. The number of carbonyl (C=O) groups is 2. The molecule has 196 valence electrons. The van der Waals surface area contributed by atoms with Crippen molar-refractivity contribution in [2.45, 2.75) is 13.3 Å². The molecule has 3 aromatic carbocycles. The molecule has 0 saturated carbocycles. The summed E-state index contributed by atoms with van der Waals surface area (Å²) in [5.41, 5.74) is 4.94. The van der Waals surface area contributed by atoms with Gasteiger partial charge in [0.1, 0.15) is 18.8 Å². The molecule has 3 aromatic rings. The van der Waals surface area contributed by atoms with E-state index in [1.807, 2.05) is 37.3 Å². The van der Waals surface area contributed by atoms with Gasteiger partial charge >= 0.3 is 0 Å². The van der Waals surface area contributed by atoms with Gasteiger partial charge in [-0.1, -0.05) is 36.4 Å². The van der Waals surface area contributed by atoms with Gasteiger partial charge in [-0.3, -0.25) is 15.0 Å². The fourth-order valence-electron chi connectivity index (χ4n) is 3.91. The molecule has 0 unspecified atom stereocenters. The number of carbonyl (C=O) groups excluding carboxylic acids is 2.